The molecule has 2 N–H and O–H groups in total. The summed E-state index contributed by atoms with van der Waals surface area (Å²) < 4.78 is 9.86. The number of halogens is 1. The molecule has 132 valence electrons. The molecule has 1 amide bonds. The lowest BCUT2D eigenvalue weighted by Crippen LogP contribution is -2.31. The fourth-order valence-corrected chi connectivity index (χ4v) is 2.36. The number of benzene rings is 2. The zero-order valence-electron chi connectivity index (χ0n) is 13.8. The van der Waals surface area contributed by atoms with E-state index in [9.17, 15) is 14.7 Å². The summed E-state index contributed by atoms with van der Waals surface area (Å²) in [7, 11) is 1.44. The third-order valence-corrected chi connectivity index (χ3v) is 3.72. The van der Waals surface area contributed by atoms with Gasteiger partial charge in [-0.2, -0.15) is 0 Å². The maximum Gasteiger partial charge on any atom is 0.342 e. The van der Waals surface area contributed by atoms with Crippen molar-refractivity contribution in [2.75, 3.05) is 13.7 Å². The lowest BCUT2D eigenvalue weighted by atomic mass is 10.1. The summed E-state index contributed by atoms with van der Waals surface area (Å²) in [6.07, 6.45) is 0. The van der Waals surface area contributed by atoms with E-state index < -0.39 is 18.5 Å². The van der Waals surface area contributed by atoms with Crippen molar-refractivity contribution < 1.29 is 24.2 Å². The minimum atomic E-state index is -0.800. The van der Waals surface area contributed by atoms with Crippen molar-refractivity contribution in [3.05, 3.63) is 58.6 Å². The molecule has 0 bridgehead atoms. The zero-order valence-corrected chi connectivity index (χ0v) is 14.5. The van der Waals surface area contributed by atoms with Gasteiger partial charge in [0.2, 0.25) is 0 Å². The van der Waals surface area contributed by atoms with Crippen molar-refractivity contribution in [3.63, 3.8) is 0 Å². The minimum Gasteiger partial charge on any atom is -0.507 e. The number of hydrogen-bond donors (Lipinski definition) is 2. The molecule has 0 saturated heterocycles. The van der Waals surface area contributed by atoms with Crippen LogP contribution < -0.4 is 10.1 Å². The second kappa shape index (κ2) is 8.39. The number of phenolic OH excluding ortho intramolecular Hbond substituents is 1. The van der Waals surface area contributed by atoms with Gasteiger partial charge in [-0.15, -0.1) is 0 Å². The molecule has 2 rings (SSSR count). The molecular formula is C18H18ClNO5. The van der Waals surface area contributed by atoms with E-state index in [0.717, 1.165) is 5.56 Å². The molecule has 0 aliphatic heterocycles. The van der Waals surface area contributed by atoms with Crippen LogP contribution in [0, 0.1) is 0 Å². The molecule has 0 spiro atoms. The number of aromatic hydroxyl groups is 1. The highest BCUT2D eigenvalue weighted by molar-refractivity contribution is 6.30. The van der Waals surface area contributed by atoms with Crippen LogP contribution in [0.2, 0.25) is 5.02 Å². The Bertz CT molecular complexity index is 778. The van der Waals surface area contributed by atoms with Crippen LogP contribution in [-0.2, 0) is 9.53 Å². The van der Waals surface area contributed by atoms with Gasteiger partial charge >= 0.3 is 5.97 Å². The van der Waals surface area contributed by atoms with E-state index in [-0.39, 0.29) is 17.4 Å². The minimum absolute atomic E-state index is 0.0449. The fourth-order valence-electron chi connectivity index (χ4n) is 2.16. The van der Waals surface area contributed by atoms with Gasteiger partial charge in [-0.05, 0) is 36.8 Å². The number of methoxy groups -OCH3 is 1. The first-order valence-corrected chi connectivity index (χ1v) is 7.87. The summed E-state index contributed by atoms with van der Waals surface area (Å²) in [6.45, 7) is 1.33. The van der Waals surface area contributed by atoms with Gasteiger partial charge in [0.25, 0.3) is 5.91 Å². The number of ether oxygens (including phenoxy) is 2. The highest BCUT2D eigenvalue weighted by Crippen LogP contribution is 2.24. The van der Waals surface area contributed by atoms with Gasteiger partial charge in [-0.1, -0.05) is 23.7 Å². The van der Waals surface area contributed by atoms with E-state index in [1.165, 1.54) is 25.3 Å². The molecule has 0 aromatic heterocycles. The van der Waals surface area contributed by atoms with Gasteiger partial charge in [0.05, 0.1) is 13.2 Å². The second-order valence-corrected chi connectivity index (χ2v) is 5.74. The average Bonchev–Trinajstić information content (AvgIpc) is 2.59. The van der Waals surface area contributed by atoms with Gasteiger partial charge in [0, 0.05) is 11.1 Å². The molecule has 0 radical (unpaired) electrons. The number of rotatable bonds is 6. The SMILES string of the molecule is COc1ccc(C(=O)OCC(=O)NC(C)c2cccc(Cl)c2)c(O)c1. The van der Waals surface area contributed by atoms with Crippen LogP contribution in [0.25, 0.3) is 0 Å². The Morgan fingerprint density at radius 2 is 2.00 bits per heavy atom. The van der Waals surface area contributed by atoms with Gasteiger partial charge in [-0.25, -0.2) is 4.79 Å². The normalized spacial score (nSPS) is 11.5. The molecule has 7 heteroatoms. The second-order valence-electron chi connectivity index (χ2n) is 5.30. The summed E-state index contributed by atoms with van der Waals surface area (Å²) in [4.78, 5) is 23.9. The molecular weight excluding hydrogens is 346 g/mol. The Morgan fingerprint density at radius 3 is 2.64 bits per heavy atom. The van der Waals surface area contributed by atoms with Crippen molar-refractivity contribution in [1.82, 2.24) is 5.32 Å². The Morgan fingerprint density at radius 1 is 1.24 bits per heavy atom. The smallest absolute Gasteiger partial charge is 0.342 e. The van der Waals surface area contributed by atoms with Gasteiger partial charge < -0.3 is 19.9 Å². The van der Waals surface area contributed by atoms with Crippen molar-refractivity contribution in [1.29, 1.82) is 0 Å². The van der Waals surface area contributed by atoms with Crippen LogP contribution in [0.3, 0.4) is 0 Å². The molecule has 0 fully saturated rings. The Kier molecular flexibility index (Phi) is 6.25. The summed E-state index contributed by atoms with van der Waals surface area (Å²) in [6, 6.07) is 11.0. The number of amides is 1. The van der Waals surface area contributed by atoms with E-state index in [4.69, 9.17) is 21.1 Å². The van der Waals surface area contributed by atoms with Crippen LogP contribution in [0.1, 0.15) is 28.9 Å². The van der Waals surface area contributed by atoms with Crippen molar-refractivity contribution in [2.45, 2.75) is 13.0 Å². The third kappa shape index (κ3) is 5.12. The van der Waals surface area contributed by atoms with Gasteiger partial charge in [0.15, 0.2) is 6.61 Å². The molecule has 0 aliphatic carbocycles. The largest absolute Gasteiger partial charge is 0.507 e. The van der Waals surface area contributed by atoms with E-state index in [2.05, 4.69) is 5.32 Å². The maximum absolute atomic E-state index is 11.9. The highest BCUT2D eigenvalue weighted by atomic mass is 35.5. The third-order valence-electron chi connectivity index (χ3n) is 3.49. The molecule has 0 heterocycles. The molecule has 1 atom stereocenters. The summed E-state index contributed by atoms with van der Waals surface area (Å²) in [5, 5.41) is 13.1. The van der Waals surface area contributed by atoms with Crippen molar-refractivity contribution in [2.24, 2.45) is 0 Å². The first-order chi connectivity index (χ1) is 11.9. The summed E-state index contributed by atoms with van der Waals surface area (Å²) in [5.74, 6) is -1.14. The number of esters is 1. The number of hydrogen-bond acceptors (Lipinski definition) is 5. The van der Waals surface area contributed by atoms with Gasteiger partial charge in [0.1, 0.15) is 17.1 Å². The van der Waals surface area contributed by atoms with Gasteiger partial charge in [-0.3, -0.25) is 4.79 Å². The molecule has 25 heavy (non-hydrogen) atoms. The topological polar surface area (TPSA) is 84.9 Å². The first-order valence-electron chi connectivity index (χ1n) is 7.49. The Labute approximate surface area is 150 Å². The van der Waals surface area contributed by atoms with Crippen LogP contribution >= 0.6 is 11.6 Å². The van der Waals surface area contributed by atoms with E-state index in [0.29, 0.717) is 10.8 Å². The van der Waals surface area contributed by atoms with Crippen LogP contribution in [0.5, 0.6) is 11.5 Å². The summed E-state index contributed by atoms with van der Waals surface area (Å²) in [5.41, 5.74) is 0.788. The van der Waals surface area contributed by atoms with Crippen LogP contribution in [-0.4, -0.2) is 30.7 Å². The average molecular weight is 364 g/mol. The quantitative estimate of drug-likeness (QED) is 0.770. The lowest BCUT2D eigenvalue weighted by molar-refractivity contribution is -0.124. The molecule has 2 aromatic carbocycles. The number of nitrogens with one attached hydrogen (secondary N) is 1. The Balaban J connectivity index is 1.90. The lowest BCUT2D eigenvalue weighted by Gasteiger charge is -2.15. The van der Waals surface area contributed by atoms with Crippen molar-refractivity contribution in [3.8, 4) is 11.5 Å². The number of carbonyl (C=O) groups is 2. The Hall–Kier alpha value is -2.73. The van der Waals surface area contributed by atoms with Crippen LogP contribution in [0.15, 0.2) is 42.5 Å². The molecule has 1 unspecified atom stereocenters. The molecule has 2 aromatic rings. The standard InChI is InChI=1S/C18H18ClNO5/c1-11(12-4-3-5-13(19)8-12)20-17(22)10-25-18(23)15-7-6-14(24-2)9-16(15)21/h3-9,11,21H,10H2,1-2H3,(H,20,22). The number of carbonyl (C=O) groups excluding carboxylic acids is 2. The molecule has 0 saturated carbocycles. The zero-order chi connectivity index (χ0) is 18.4. The van der Waals surface area contributed by atoms with Crippen molar-refractivity contribution >= 4 is 23.5 Å². The van der Waals surface area contributed by atoms with Crippen LogP contribution in [0.4, 0.5) is 0 Å². The fraction of sp³-hybridized carbons (Fsp3) is 0.222. The molecule has 0 aliphatic rings. The van der Waals surface area contributed by atoms with E-state index >= 15 is 0 Å². The highest BCUT2D eigenvalue weighted by Gasteiger charge is 2.16. The molecule has 6 nitrogen and oxygen atoms in total. The maximum atomic E-state index is 11.9. The monoisotopic (exact) mass is 363 g/mol. The predicted molar refractivity (Wildman–Crippen MR) is 93.0 cm³/mol. The summed E-state index contributed by atoms with van der Waals surface area (Å²) >= 11 is 5.92. The van der Waals surface area contributed by atoms with E-state index in [1.54, 1.807) is 25.1 Å². The first kappa shape index (κ1) is 18.6. The predicted octanol–water partition coefficient (Wildman–Crippen LogP) is 3.09. The van der Waals surface area contributed by atoms with E-state index in [1.807, 2.05) is 6.07 Å². The number of phenols is 1.